The summed E-state index contributed by atoms with van der Waals surface area (Å²) >= 11 is 0. The van der Waals surface area contributed by atoms with E-state index in [2.05, 4.69) is 14.7 Å². The number of furan rings is 1. The number of hydrogen-bond acceptors (Lipinski definition) is 4. The number of aryl methyl sites for hydroxylation is 1. The minimum absolute atomic E-state index is 0.208. The van der Waals surface area contributed by atoms with Gasteiger partial charge in [-0.3, -0.25) is 0 Å². The molecular weight excluding hydrogens is 374 g/mol. The monoisotopic (exact) mass is 393 g/mol. The van der Waals surface area contributed by atoms with Crippen molar-refractivity contribution in [2.75, 3.05) is 7.05 Å². The summed E-state index contributed by atoms with van der Waals surface area (Å²) in [5.41, 5.74) is 3.67. The molecule has 0 atom stereocenters. The standard InChI is InChI=1S/C21H19N3O3S/c1-14-20(16-6-4-3-5-7-16)24-21(23-14)19-13-12-18(27-19)15-8-10-17(11-9-15)28(25,26)22-2/h3-13,22H,1-2H3,(H,23,24). The molecule has 0 unspecified atom stereocenters. The molecule has 0 saturated heterocycles. The van der Waals surface area contributed by atoms with E-state index in [1.807, 2.05) is 49.4 Å². The maximum atomic E-state index is 11.8. The van der Waals surface area contributed by atoms with Crippen LogP contribution in [0.1, 0.15) is 5.69 Å². The number of aromatic amines is 1. The Morgan fingerprint density at radius 3 is 2.25 bits per heavy atom. The first kappa shape index (κ1) is 18.2. The van der Waals surface area contributed by atoms with E-state index in [1.165, 1.54) is 7.05 Å². The molecule has 28 heavy (non-hydrogen) atoms. The zero-order chi connectivity index (χ0) is 19.7. The van der Waals surface area contributed by atoms with Gasteiger partial charge in [0.05, 0.1) is 10.6 Å². The molecule has 0 aliphatic heterocycles. The molecule has 2 aromatic carbocycles. The Bertz CT molecular complexity index is 1210. The first-order valence-corrected chi connectivity index (χ1v) is 10.2. The molecule has 6 nitrogen and oxygen atoms in total. The van der Waals surface area contributed by atoms with Crippen LogP contribution in [0.3, 0.4) is 0 Å². The number of hydrogen-bond donors (Lipinski definition) is 2. The minimum atomic E-state index is -3.46. The fourth-order valence-electron chi connectivity index (χ4n) is 2.99. The Kier molecular flexibility index (Phi) is 4.62. The fourth-order valence-corrected chi connectivity index (χ4v) is 3.72. The predicted molar refractivity (Wildman–Crippen MR) is 108 cm³/mol. The zero-order valence-electron chi connectivity index (χ0n) is 15.4. The van der Waals surface area contributed by atoms with E-state index in [9.17, 15) is 8.42 Å². The first-order chi connectivity index (χ1) is 13.5. The number of sulfonamides is 1. The molecule has 2 heterocycles. The van der Waals surface area contributed by atoms with Crippen LogP contribution in [0.5, 0.6) is 0 Å². The number of benzene rings is 2. The van der Waals surface area contributed by atoms with E-state index in [-0.39, 0.29) is 4.90 Å². The molecule has 2 aromatic heterocycles. The van der Waals surface area contributed by atoms with Crippen molar-refractivity contribution in [3.63, 3.8) is 0 Å². The molecule has 0 aliphatic carbocycles. The van der Waals surface area contributed by atoms with Crippen molar-refractivity contribution < 1.29 is 12.8 Å². The highest BCUT2D eigenvalue weighted by Crippen LogP contribution is 2.30. The van der Waals surface area contributed by atoms with E-state index < -0.39 is 10.0 Å². The predicted octanol–water partition coefficient (Wildman–Crippen LogP) is 4.22. The summed E-state index contributed by atoms with van der Waals surface area (Å²) < 4.78 is 31.9. The summed E-state index contributed by atoms with van der Waals surface area (Å²) in [5, 5.41) is 0. The van der Waals surface area contributed by atoms with Gasteiger partial charge >= 0.3 is 0 Å². The summed E-state index contributed by atoms with van der Waals surface area (Å²) in [4.78, 5) is 8.15. The van der Waals surface area contributed by atoms with Crippen molar-refractivity contribution in [1.82, 2.24) is 14.7 Å². The van der Waals surface area contributed by atoms with Gasteiger partial charge in [-0.1, -0.05) is 30.3 Å². The second-order valence-electron chi connectivity index (χ2n) is 6.32. The van der Waals surface area contributed by atoms with Crippen LogP contribution in [-0.4, -0.2) is 25.4 Å². The SMILES string of the molecule is CNS(=O)(=O)c1ccc(-c2ccc(-c3nc(-c4ccccc4)c(C)[nH]3)o2)cc1. The van der Waals surface area contributed by atoms with E-state index >= 15 is 0 Å². The minimum Gasteiger partial charge on any atom is -0.453 e. The third kappa shape index (κ3) is 3.37. The molecule has 0 spiro atoms. The van der Waals surface area contributed by atoms with Crippen molar-refractivity contribution in [2.45, 2.75) is 11.8 Å². The topological polar surface area (TPSA) is 88.0 Å². The second-order valence-corrected chi connectivity index (χ2v) is 8.21. The van der Waals surface area contributed by atoms with Crippen molar-refractivity contribution in [3.8, 4) is 34.2 Å². The van der Waals surface area contributed by atoms with Crippen molar-refractivity contribution >= 4 is 10.0 Å². The van der Waals surface area contributed by atoms with E-state index in [0.717, 1.165) is 22.5 Å². The van der Waals surface area contributed by atoms with Gasteiger partial charge < -0.3 is 9.40 Å². The van der Waals surface area contributed by atoms with E-state index in [4.69, 9.17) is 4.42 Å². The Morgan fingerprint density at radius 2 is 1.57 bits per heavy atom. The average Bonchev–Trinajstić information content (AvgIpc) is 3.36. The summed E-state index contributed by atoms with van der Waals surface area (Å²) in [6.45, 7) is 1.98. The Labute approximate surface area is 163 Å². The van der Waals surface area contributed by atoms with Crippen molar-refractivity contribution in [3.05, 3.63) is 72.4 Å². The second kappa shape index (κ2) is 7.10. The third-order valence-corrected chi connectivity index (χ3v) is 5.92. The lowest BCUT2D eigenvalue weighted by Gasteiger charge is -2.03. The van der Waals surface area contributed by atoms with E-state index in [1.54, 1.807) is 24.3 Å². The van der Waals surface area contributed by atoms with Crippen LogP contribution in [0.2, 0.25) is 0 Å². The summed E-state index contributed by atoms with van der Waals surface area (Å²) in [6.07, 6.45) is 0. The van der Waals surface area contributed by atoms with Gasteiger partial charge in [-0.15, -0.1) is 0 Å². The van der Waals surface area contributed by atoms with Crippen molar-refractivity contribution in [2.24, 2.45) is 0 Å². The largest absolute Gasteiger partial charge is 0.453 e. The number of rotatable bonds is 5. The van der Waals surface area contributed by atoms with Gasteiger partial charge in [0.25, 0.3) is 0 Å². The van der Waals surface area contributed by atoms with Crippen LogP contribution in [0, 0.1) is 6.92 Å². The number of nitrogens with one attached hydrogen (secondary N) is 2. The van der Waals surface area contributed by atoms with Crippen LogP contribution in [0.15, 0.2) is 76.0 Å². The third-order valence-electron chi connectivity index (χ3n) is 4.49. The highest BCUT2D eigenvalue weighted by Gasteiger charge is 2.15. The zero-order valence-corrected chi connectivity index (χ0v) is 16.2. The van der Waals surface area contributed by atoms with Gasteiger partial charge in [0.15, 0.2) is 11.6 Å². The molecule has 0 radical (unpaired) electrons. The van der Waals surface area contributed by atoms with Gasteiger partial charge in [-0.05, 0) is 50.4 Å². The van der Waals surface area contributed by atoms with Crippen LogP contribution < -0.4 is 4.72 Å². The number of nitrogens with zero attached hydrogens (tertiary/aromatic N) is 1. The maximum Gasteiger partial charge on any atom is 0.240 e. The highest BCUT2D eigenvalue weighted by atomic mass is 32.2. The van der Waals surface area contributed by atoms with Gasteiger partial charge in [0.2, 0.25) is 10.0 Å². The molecule has 0 bridgehead atoms. The number of H-pyrrole nitrogens is 1. The van der Waals surface area contributed by atoms with Crippen LogP contribution >= 0.6 is 0 Å². The van der Waals surface area contributed by atoms with Gasteiger partial charge in [-0.25, -0.2) is 18.1 Å². The molecule has 7 heteroatoms. The molecule has 4 rings (SSSR count). The summed E-state index contributed by atoms with van der Waals surface area (Å²) in [6, 6.07) is 20.2. The number of aromatic nitrogens is 2. The summed E-state index contributed by atoms with van der Waals surface area (Å²) in [5.74, 6) is 1.91. The lowest BCUT2D eigenvalue weighted by molar-refractivity contribution is 0.587. The molecule has 4 aromatic rings. The Morgan fingerprint density at radius 1 is 0.893 bits per heavy atom. The van der Waals surface area contributed by atoms with Gasteiger partial charge in [0, 0.05) is 16.8 Å². The van der Waals surface area contributed by atoms with Gasteiger partial charge in [-0.2, -0.15) is 0 Å². The number of imidazole rings is 1. The molecule has 0 aliphatic rings. The Balaban J connectivity index is 1.64. The summed E-state index contributed by atoms with van der Waals surface area (Å²) in [7, 11) is -2.07. The smallest absolute Gasteiger partial charge is 0.240 e. The van der Waals surface area contributed by atoms with E-state index in [0.29, 0.717) is 17.3 Å². The molecule has 142 valence electrons. The fraction of sp³-hybridized carbons (Fsp3) is 0.0952. The highest BCUT2D eigenvalue weighted by molar-refractivity contribution is 7.89. The average molecular weight is 393 g/mol. The lowest BCUT2D eigenvalue weighted by Crippen LogP contribution is -2.18. The molecule has 2 N–H and O–H groups in total. The Hall–Kier alpha value is -3.16. The van der Waals surface area contributed by atoms with Crippen molar-refractivity contribution in [1.29, 1.82) is 0 Å². The molecule has 0 fully saturated rings. The molecular formula is C21H19N3O3S. The molecule has 0 saturated carbocycles. The molecule has 0 amide bonds. The van der Waals surface area contributed by atoms with Gasteiger partial charge in [0.1, 0.15) is 5.76 Å². The normalized spacial score (nSPS) is 11.6. The quantitative estimate of drug-likeness (QED) is 0.531. The van der Waals surface area contributed by atoms with Crippen LogP contribution in [0.4, 0.5) is 0 Å². The van der Waals surface area contributed by atoms with Crippen LogP contribution in [-0.2, 0) is 10.0 Å². The van der Waals surface area contributed by atoms with Crippen LogP contribution in [0.25, 0.3) is 34.2 Å². The first-order valence-electron chi connectivity index (χ1n) is 8.74. The lowest BCUT2D eigenvalue weighted by atomic mass is 10.1. The maximum absolute atomic E-state index is 11.8.